The van der Waals surface area contributed by atoms with Crippen molar-refractivity contribution in [3.63, 3.8) is 0 Å². The van der Waals surface area contributed by atoms with Gasteiger partial charge in [-0.3, -0.25) is 0 Å². The van der Waals surface area contributed by atoms with Gasteiger partial charge in [0.05, 0.1) is 11.3 Å². The van der Waals surface area contributed by atoms with E-state index in [1.807, 2.05) is 12.1 Å². The Morgan fingerprint density at radius 3 is 2.75 bits per heavy atom. The standard InChI is InChI=1S/C15H14N4O/c1-9-4-3-5-11(10(9)2)14-13(15(16)20-19-14)12-6-7-17-8-18-12/h3-8H,16H2,1-2H3. The number of aromatic nitrogens is 3. The van der Waals surface area contributed by atoms with Crippen molar-refractivity contribution in [3.05, 3.63) is 47.9 Å². The van der Waals surface area contributed by atoms with E-state index < -0.39 is 0 Å². The summed E-state index contributed by atoms with van der Waals surface area (Å²) in [6.45, 7) is 4.12. The minimum absolute atomic E-state index is 0.264. The third-order valence-electron chi connectivity index (χ3n) is 3.42. The van der Waals surface area contributed by atoms with Crippen molar-refractivity contribution in [3.8, 4) is 22.5 Å². The minimum atomic E-state index is 0.264. The van der Waals surface area contributed by atoms with Crippen molar-refractivity contribution in [1.82, 2.24) is 15.1 Å². The fourth-order valence-electron chi connectivity index (χ4n) is 2.18. The Morgan fingerprint density at radius 2 is 2.00 bits per heavy atom. The van der Waals surface area contributed by atoms with Crippen molar-refractivity contribution in [2.75, 3.05) is 5.73 Å². The zero-order chi connectivity index (χ0) is 14.1. The first-order valence-corrected chi connectivity index (χ1v) is 6.26. The Kier molecular flexibility index (Phi) is 2.95. The lowest BCUT2D eigenvalue weighted by Crippen LogP contribution is -1.93. The lowest BCUT2D eigenvalue weighted by atomic mass is 9.97. The Balaban J connectivity index is 2.24. The maximum Gasteiger partial charge on any atom is 0.232 e. The number of aryl methyl sites for hydroxylation is 1. The van der Waals surface area contributed by atoms with E-state index in [1.165, 1.54) is 11.9 Å². The van der Waals surface area contributed by atoms with Crippen LogP contribution in [0.3, 0.4) is 0 Å². The molecule has 0 saturated heterocycles. The summed E-state index contributed by atoms with van der Waals surface area (Å²) in [5.74, 6) is 0.264. The molecular weight excluding hydrogens is 252 g/mol. The normalized spacial score (nSPS) is 10.7. The Bertz CT molecular complexity index is 750. The molecule has 0 amide bonds. The molecule has 0 bridgehead atoms. The number of benzene rings is 1. The van der Waals surface area contributed by atoms with Crippen LogP contribution in [0.5, 0.6) is 0 Å². The van der Waals surface area contributed by atoms with Crippen molar-refractivity contribution in [2.24, 2.45) is 0 Å². The van der Waals surface area contributed by atoms with E-state index in [2.05, 4.69) is 35.0 Å². The molecule has 20 heavy (non-hydrogen) atoms. The van der Waals surface area contributed by atoms with Crippen molar-refractivity contribution >= 4 is 5.88 Å². The van der Waals surface area contributed by atoms with Crippen molar-refractivity contribution in [1.29, 1.82) is 0 Å². The molecule has 2 heterocycles. The van der Waals surface area contributed by atoms with Gasteiger partial charge in [0.2, 0.25) is 5.88 Å². The van der Waals surface area contributed by atoms with Crippen LogP contribution in [0.1, 0.15) is 11.1 Å². The first-order valence-electron chi connectivity index (χ1n) is 6.26. The number of anilines is 1. The third kappa shape index (κ3) is 1.93. The maximum absolute atomic E-state index is 5.91. The van der Waals surface area contributed by atoms with Crippen LogP contribution in [0.4, 0.5) is 5.88 Å². The molecule has 0 aliphatic heterocycles. The van der Waals surface area contributed by atoms with E-state index >= 15 is 0 Å². The highest BCUT2D eigenvalue weighted by atomic mass is 16.5. The van der Waals surface area contributed by atoms with Gasteiger partial charge >= 0.3 is 0 Å². The molecule has 0 aliphatic carbocycles. The summed E-state index contributed by atoms with van der Waals surface area (Å²) in [5.41, 5.74) is 11.4. The van der Waals surface area contributed by atoms with Gasteiger partial charge in [-0.25, -0.2) is 9.97 Å². The summed E-state index contributed by atoms with van der Waals surface area (Å²) >= 11 is 0. The second-order valence-electron chi connectivity index (χ2n) is 4.61. The van der Waals surface area contributed by atoms with Gasteiger partial charge in [0.15, 0.2) is 0 Å². The second-order valence-corrected chi connectivity index (χ2v) is 4.61. The molecule has 0 radical (unpaired) electrons. The van der Waals surface area contributed by atoms with Gasteiger partial charge in [-0.15, -0.1) is 0 Å². The molecule has 0 saturated carbocycles. The van der Waals surface area contributed by atoms with Crippen molar-refractivity contribution in [2.45, 2.75) is 13.8 Å². The van der Waals surface area contributed by atoms with Gasteiger partial charge in [0.25, 0.3) is 0 Å². The highest BCUT2D eigenvalue weighted by Crippen LogP contribution is 2.36. The van der Waals surface area contributed by atoms with Gasteiger partial charge in [0.1, 0.15) is 12.0 Å². The summed E-state index contributed by atoms with van der Waals surface area (Å²) in [7, 11) is 0. The SMILES string of the molecule is Cc1cccc(-c2noc(N)c2-c2ccncn2)c1C. The average Bonchev–Trinajstić information content (AvgIpc) is 2.84. The van der Waals surface area contributed by atoms with Gasteiger partial charge in [0, 0.05) is 11.8 Å². The van der Waals surface area contributed by atoms with Crippen LogP contribution in [0.2, 0.25) is 0 Å². The molecule has 0 fully saturated rings. The topological polar surface area (TPSA) is 77.8 Å². The van der Waals surface area contributed by atoms with Gasteiger partial charge in [-0.05, 0) is 31.0 Å². The van der Waals surface area contributed by atoms with E-state index in [1.54, 1.807) is 12.3 Å². The Morgan fingerprint density at radius 1 is 1.15 bits per heavy atom. The van der Waals surface area contributed by atoms with Crippen molar-refractivity contribution < 1.29 is 4.52 Å². The predicted octanol–water partition coefficient (Wildman–Crippen LogP) is 3.00. The first kappa shape index (κ1) is 12.3. The number of nitrogens with two attached hydrogens (primary N) is 1. The number of rotatable bonds is 2. The summed E-state index contributed by atoms with van der Waals surface area (Å²) in [6, 6.07) is 7.85. The smallest absolute Gasteiger partial charge is 0.232 e. The minimum Gasteiger partial charge on any atom is -0.367 e. The predicted molar refractivity (Wildman–Crippen MR) is 76.9 cm³/mol. The molecule has 0 spiro atoms. The lowest BCUT2D eigenvalue weighted by Gasteiger charge is -2.07. The Hall–Kier alpha value is -2.69. The van der Waals surface area contributed by atoms with E-state index in [9.17, 15) is 0 Å². The van der Waals surface area contributed by atoms with E-state index in [0.717, 1.165) is 11.1 Å². The molecule has 1 aromatic carbocycles. The molecule has 2 aromatic heterocycles. The van der Waals surface area contributed by atoms with Crippen LogP contribution in [-0.2, 0) is 0 Å². The molecule has 5 nitrogen and oxygen atoms in total. The van der Waals surface area contributed by atoms with Crippen LogP contribution in [0.25, 0.3) is 22.5 Å². The molecule has 100 valence electrons. The molecule has 0 aliphatic rings. The average molecular weight is 266 g/mol. The Labute approximate surface area is 116 Å². The number of hydrogen-bond acceptors (Lipinski definition) is 5. The lowest BCUT2D eigenvalue weighted by molar-refractivity contribution is 0.439. The fraction of sp³-hybridized carbons (Fsp3) is 0.133. The molecule has 3 aromatic rings. The van der Waals surface area contributed by atoms with E-state index in [4.69, 9.17) is 10.3 Å². The fourth-order valence-corrected chi connectivity index (χ4v) is 2.18. The summed E-state index contributed by atoms with van der Waals surface area (Å²) in [4.78, 5) is 8.15. The molecule has 5 heteroatoms. The summed E-state index contributed by atoms with van der Waals surface area (Å²) < 4.78 is 5.17. The zero-order valence-electron chi connectivity index (χ0n) is 11.3. The number of nitrogens with zero attached hydrogens (tertiary/aromatic N) is 3. The molecule has 2 N–H and O–H groups in total. The maximum atomic E-state index is 5.91. The molecule has 0 unspecified atom stereocenters. The number of hydrogen-bond donors (Lipinski definition) is 1. The van der Waals surface area contributed by atoms with Crippen LogP contribution < -0.4 is 5.73 Å². The summed E-state index contributed by atoms with van der Waals surface area (Å²) in [5, 5.41) is 4.10. The largest absolute Gasteiger partial charge is 0.367 e. The van der Waals surface area contributed by atoms with Crippen LogP contribution in [0.15, 0.2) is 41.3 Å². The van der Waals surface area contributed by atoms with Crippen LogP contribution in [0, 0.1) is 13.8 Å². The molecular formula is C15H14N4O. The van der Waals surface area contributed by atoms with Gasteiger partial charge in [-0.1, -0.05) is 23.4 Å². The quantitative estimate of drug-likeness (QED) is 0.771. The third-order valence-corrected chi connectivity index (χ3v) is 3.42. The summed E-state index contributed by atoms with van der Waals surface area (Å²) in [6.07, 6.45) is 3.15. The van der Waals surface area contributed by atoms with Crippen LogP contribution in [-0.4, -0.2) is 15.1 Å². The van der Waals surface area contributed by atoms with E-state index in [-0.39, 0.29) is 5.88 Å². The highest BCUT2D eigenvalue weighted by Gasteiger charge is 2.19. The van der Waals surface area contributed by atoms with Gasteiger partial charge in [-0.2, -0.15) is 0 Å². The van der Waals surface area contributed by atoms with E-state index in [0.29, 0.717) is 17.0 Å². The second kappa shape index (κ2) is 4.77. The molecule has 3 rings (SSSR count). The van der Waals surface area contributed by atoms with Gasteiger partial charge < -0.3 is 10.3 Å². The number of nitrogen functional groups attached to an aromatic ring is 1. The first-order chi connectivity index (χ1) is 9.68. The monoisotopic (exact) mass is 266 g/mol. The highest BCUT2D eigenvalue weighted by molar-refractivity contribution is 5.86. The zero-order valence-corrected chi connectivity index (χ0v) is 11.3. The molecule has 0 atom stereocenters. The van der Waals surface area contributed by atoms with Crippen LogP contribution >= 0.6 is 0 Å².